The average molecular weight is 330 g/mol. The van der Waals surface area contributed by atoms with Crippen LogP contribution in [0, 0.1) is 6.92 Å². The van der Waals surface area contributed by atoms with Crippen LogP contribution in [0.5, 0.6) is 0 Å². The Kier molecular flexibility index (Phi) is 5.60. The molecule has 1 saturated heterocycles. The lowest BCUT2D eigenvalue weighted by Gasteiger charge is -2.36. The molecule has 1 aromatic heterocycles. The molecule has 24 heavy (non-hydrogen) atoms. The molecule has 0 radical (unpaired) electrons. The molecule has 0 spiro atoms. The quantitative estimate of drug-likeness (QED) is 0.810. The summed E-state index contributed by atoms with van der Waals surface area (Å²) in [5, 5.41) is 8.50. The standard InChI is InChI=1S/C18H26N4O2/c1-14-5-4-6-16(13-14)18-20-19-17(24-18)15(2)22-9-7-21(8-10-22)11-12-23-3/h4-6,13,15H,7-12H2,1-3H3. The van der Waals surface area contributed by atoms with Gasteiger partial charge in [0.1, 0.15) is 0 Å². The molecule has 1 aliphatic rings. The highest BCUT2D eigenvalue weighted by Crippen LogP contribution is 2.25. The van der Waals surface area contributed by atoms with E-state index in [4.69, 9.17) is 9.15 Å². The Balaban J connectivity index is 1.61. The van der Waals surface area contributed by atoms with Crippen LogP contribution >= 0.6 is 0 Å². The van der Waals surface area contributed by atoms with Crippen LogP contribution in [0.4, 0.5) is 0 Å². The second kappa shape index (κ2) is 7.88. The van der Waals surface area contributed by atoms with Crippen molar-refractivity contribution in [3.8, 4) is 11.5 Å². The van der Waals surface area contributed by atoms with E-state index in [1.54, 1.807) is 7.11 Å². The van der Waals surface area contributed by atoms with Crippen LogP contribution in [0.25, 0.3) is 11.5 Å². The fraction of sp³-hybridized carbons (Fsp3) is 0.556. The molecule has 1 aromatic carbocycles. The SMILES string of the molecule is COCCN1CCN(C(C)c2nnc(-c3cccc(C)c3)o2)CC1. The fourth-order valence-electron chi connectivity index (χ4n) is 3.05. The molecule has 0 saturated carbocycles. The number of ether oxygens (including phenoxy) is 1. The average Bonchev–Trinajstić information content (AvgIpc) is 3.10. The number of rotatable bonds is 6. The van der Waals surface area contributed by atoms with Crippen LogP contribution in [0.1, 0.15) is 24.4 Å². The Morgan fingerprint density at radius 3 is 2.71 bits per heavy atom. The number of aryl methyl sites for hydroxylation is 1. The van der Waals surface area contributed by atoms with Gasteiger partial charge in [-0.05, 0) is 26.0 Å². The highest BCUT2D eigenvalue weighted by Gasteiger charge is 2.25. The van der Waals surface area contributed by atoms with E-state index in [1.165, 1.54) is 5.56 Å². The molecule has 1 fully saturated rings. The maximum atomic E-state index is 5.93. The first-order valence-corrected chi connectivity index (χ1v) is 8.53. The molecule has 130 valence electrons. The number of hydrogen-bond acceptors (Lipinski definition) is 6. The maximum absolute atomic E-state index is 5.93. The lowest BCUT2D eigenvalue weighted by Crippen LogP contribution is -2.47. The molecule has 0 N–H and O–H groups in total. The third kappa shape index (κ3) is 4.01. The Morgan fingerprint density at radius 2 is 2.00 bits per heavy atom. The zero-order valence-corrected chi connectivity index (χ0v) is 14.7. The van der Waals surface area contributed by atoms with E-state index in [1.807, 2.05) is 12.1 Å². The molecule has 1 atom stereocenters. The Morgan fingerprint density at radius 1 is 1.21 bits per heavy atom. The zero-order valence-electron chi connectivity index (χ0n) is 14.7. The van der Waals surface area contributed by atoms with Gasteiger partial charge in [0, 0.05) is 45.4 Å². The summed E-state index contributed by atoms with van der Waals surface area (Å²) in [6.07, 6.45) is 0. The summed E-state index contributed by atoms with van der Waals surface area (Å²) in [7, 11) is 1.75. The first-order chi connectivity index (χ1) is 11.7. The van der Waals surface area contributed by atoms with Gasteiger partial charge >= 0.3 is 0 Å². The summed E-state index contributed by atoms with van der Waals surface area (Å²) >= 11 is 0. The number of aromatic nitrogens is 2. The van der Waals surface area contributed by atoms with E-state index >= 15 is 0 Å². The second-order valence-electron chi connectivity index (χ2n) is 6.36. The van der Waals surface area contributed by atoms with Gasteiger partial charge in [0.2, 0.25) is 11.8 Å². The van der Waals surface area contributed by atoms with Gasteiger partial charge in [-0.25, -0.2) is 0 Å². The molecule has 3 rings (SSSR count). The molecular weight excluding hydrogens is 304 g/mol. The Hall–Kier alpha value is -1.76. The van der Waals surface area contributed by atoms with Crippen molar-refractivity contribution in [3.63, 3.8) is 0 Å². The molecule has 0 amide bonds. The number of benzene rings is 1. The van der Waals surface area contributed by atoms with Crippen molar-refractivity contribution in [1.29, 1.82) is 0 Å². The van der Waals surface area contributed by atoms with Gasteiger partial charge in [0.05, 0.1) is 12.6 Å². The maximum Gasteiger partial charge on any atom is 0.247 e. The third-order valence-electron chi connectivity index (χ3n) is 4.63. The van der Waals surface area contributed by atoms with E-state index in [2.05, 4.69) is 46.0 Å². The summed E-state index contributed by atoms with van der Waals surface area (Å²) < 4.78 is 11.1. The van der Waals surface area contributed by atoms with E-state index in [9.17, 15) is 0 Å². The van der Waals surface area contributed by atoms with Gasteiger partial charge in [-0.3, -0.25) is 9.80 Å². The van der Waals surface area contributed by atoms with E-state index in [-0.39, 0.29) is 6.04 Å². The largest absolute Gasteiger partial charge is 0.419 e. The van der Waals surface area contributed by atoms with Crippen LogP contribution in [0.3, 0.4) is 0 Å². The first kappa shape index (κ1) is 17.1. The normalized spacial score (nSPS) is 18.0. The van der Waals surface area contributed by atoms with Crippen molar-refractivity contribution in [3.05, 3.63) is 35.7 Å². The van der Waals surface area contributed by atoms with Crippen molar-refractivity contribution in [2.45, 2.75) is 19.9 Å². The molecule has 0 bridgehead atoms. The number of piperazine rings is 1. The Bertz CT molecular complexity index is 650. The monoisotopic (exact) mass is 330 g/mol. The van der Waals surface area contributed by atoms with Gasteiger partial charge in [-0.2, -0.15) is 0 Å². The highest BCUT2D eigenvalue weighted by atomic mass is 16.5. The molecule has 2 aromatic rings. The van der Waals surface area contributed by atoms with Gasteiger partial charge < -0.3 is 9.15 Å². The van der Waals surface area contributed by atoms with Crippen LogP contribution in [-0.2, 0) is 4.74 Å². The minimum atomic E-state index is 0.139. The number of hydrogen-bond donors (Lipinski definition) is 0. The van der Waals surface area contributed by atoms with Gasteiger partial charge in [0.15, 0.2) is 0 Å². The van der Waals surface area contributed by atoms with Crippen molar-refractivity contribution < 1.29 is 9.15 Å². The third-order valence-corrected chi connectivity index (χ3v) is 4.63. The van der Waals surface area contributed by atoms with Crippen LogP contribution in [0.2, 0.25) is 0 Å². The highest BCUT2D eigenvalue weighted by molar-refractivity contribution is 5.53. The summed E-state index contributed by atoms with van der Waals surface area (Å²) in [6.45, 7) is 10.1. The van der Waals surface area contributed by atoms with E-state index in [0.29, 0.717) is 11.8 Å². The second-order valence-corrected chi connectivity index (χ2v) is 6.36. The molecule has 2 heterocycles. The molecule has 6 nitrogen and oxygen atoms in total. The summed E-state index contributed by atoms with van der Waals surface area (Å²) in [4.78, 5) is 4.83. The molecule has 1 aliphatic heterocycles. The van der Waals surface area contributed by atoms with Crippen molar-refractivity contribution in [2.75, 3.05) is 46.4 Å². The summed E-state index contributed by atoms with van der Waals surface area (Å²) in [6, 6.07) is 8.28. The smallest absolute Gasteiger partial charge is 0.247 e. The van der Waals surface area contributed by atoms with Gasteiger partial charge in [-0.1, -0.05) is 17.7 Å². The Labute approximate surface area is 143 Å². The minimum Gasteiger partial charge on any atom is -0.419 e. The van der Waals surface area contributed by atoms with Gasteiger partial charge in [0.25, 0.3) is 0 Å². The van der Waals surface area contributed by atoms with E-state index < -0.39 is 0 Å². The van der Waals surface area contributed by atoms with E-state index in [0.717, 1.165) is 44.9 Å². The number of nitrogens with zero attached hydrogens (tertiary/aromatic N) is 4. The van der Waals surface area contributed by atoms with Gasteiger partial charge in [-0.15, -0.1) is 10.2 Å². The topological polar surface area (TPSA) is 54.6 Å². The predicted molar refractivity (Wildman–Crippen MR) is 92.8 cm³/mol. The lowest BCUT2D eigenvalue weighted by molar-refractivity contribution is 0.0717. The molecule has 6 heteroatoms. The van der Waals surface area contributed by atoms with Crippen LogP contribution in [0.15, 0.2) is 28.7 Å². The summed E-state index contributed by atoms with van der Waals surface area (Å²) in [5.41, 5.74) is 2.16. The first-order valence-electron chi connectivity index (χ1n) is 8.53. The molecular formula is C18H26N4O2. The van der Waals surface area contributed by atoms with Crippen molar-refractivity contribution >= 4 is 0 Å². The van der Waals surface area contributed by atoms with Crippen LogP contribution in [-0.4, -0.2) is 66.4 Å². The minimum absolute atomic E-state index is 0.139. The van der Waals surface area contributed by atoms with Crippen molar-refractivity contribution in [2.24, 2.45) is 0 Å². The molecule has 0 aliphatic carbocycles. The molecule has 1 unspecified atom stereocenters. The lowest BCUT2D eigenvalue weighted by atomic mass is 10.1. The van der Waals surface area contributed by atoms with Crippen molar-refractivity contribution in [1.82, 2.24) is 20.0 Å². The predicted octanol–water partition coefficient (Wildman–Crippen LogP) is 2.37. The summed E-state index contributed by atoms with van der Waals surface area (Å²) in [5.74, 6) is 1.29. The fourth-order valence-corrected chi connectivity index (χ4v) is 3.05. The zero-order chi connectivity index (χ0) is 16.9. The van der Waals surface area contributed by atoms with Crippen LogP contribution < -0.4 is 0 Å². The number of methoxy groups -OCH3 is 1.